The molecule has 18 N–H and O–H groups in total. The first-order chi connectivity index (χ1) is 39.4. The summed E-state index contributed by atoms with van der Waals surface area (Å²) in [4.78, 5) is 150. The molecule has 0 saturated carbocycles. The zero-order chi connectivity index (χ0) is 64.0. The smallest absolute Gasteiger partial charge is 0.305 e. The van der Waals surface area contributed by atoms with Crippen LogP contribution in [-0.2, 0) is 57.5 Å². The van der Waals surface area contributed by atoms with E-state index in [4.69, 9.17) is 11.5 Å². The molecule has 0 spiro atoms. The number of oxime groups is 2. The van der Waals surface area contributed by atoms with E-state index in [2.05, 4.69) is 94.1 Å². The molecule has 476 valence electrons. The Morgan fingerprint density at radius 3 is 1.56 bits per heavy atom. The highest BCUT2D eigenvalue weighted by molar-refractivity contribution is 8.02. The lowest BCUT2D eigenvalue weighted by molar-refractivity contribution is -0.141. The van der Waals surface area contributed by atoms with Gasteiger partial charge in [0.1, 0.15) is 30.2 Å². The van der Waals surface area contributed by atoms with Gasteiger partial charge in [0, 0.05) is 43.9 Å². The number of primary amides is 2. The van der Waals surface area contributed by atoms with E-state index in [1.54, 1.807) is 13.8 Å². The van der Waals surface area contributed by atoms with E-state index in [9.17, 15) is 73.1 Å². The molecule has 11 amide bonds. The fraction of sp³-hybridized carbons (Fsp3) is 0.686. The van der Waals surface area contributed by atoms with E-state index < -0.39 is 120 Å². The molecule has 0 rings (SSSR count). The average molecular weight is 1250 g/mol. The molecule has 5 atom stereocenters. The topological polar surface area (TPSA) is 475 Å². The lowest BCUT2D eigenvalue weighted by Crippen LogP contribution is -2.57. The predicted octanol–water partition coefficient (Wildman–Crippen LogP) is -2.60. The van der Waals surface area contributed by atoms with Gasteiger partial charge >= 0.3 is 5.97 Å². The average Bonchev–Trinajstić information content (AvgIpc) is 3.43. The Morgan fingerprint density at radius 1 is 0.560 bits per heavy atom. The molecule has 30 nitrogen and oxygen atoms in total. The van der Waals surface area contributed by atoms with Gasteiger partial charge in [-0.2, -0.15) is 25.3 Å². The number of hydrogen-bond donors (Lipinski definition) is 18. The van der Waals surface area contributed by atoms with Gasteiger partial charge in [-0.15, -0.1) is 11.8 Å². The summed E-state index contributed by atoms with van der Waals surface area (Å²) in [5.74, 6) is -10.0. The minimum Gasteiger partial charge on any atom is -0.481 e. The number of carboxylic acids is 1. The van der Waals surface area contributed by atoms with E-state index in [1.165, 1.54) is 18.4 Å². The maximum atomic E-state index is 13.6. The summed E-state index contributed by atoms with van der Waals surface area (Å²) in [6, 6.07) is -6.74. The van der Waals surface area contributed by atoms with Crippen LogP contribution < -0.4 is 70.0 Å². The SMILES string of the molecule is C/C(=N/O)C(C)(C)NCCC(CCNC(=O)CCCC(=O)NCCCC[C@H](NC(=O)CC=CSCC(N)=O)C(=O)N[C@@H](CS)C(=O)NCC(=O)NCC(=O)N[C@@H](CC(=O)O)C(=O)N[C@@H](CS)C(=O)N[C@@H](C)C(N)=O)CCNC(C)(C)/C(C)=N\O. The summed E-state index contributed by atoms with van der Waals surface area (Å²) in [6.45, 7) is 12.8. The van der Waals surface area contributed by atoms with Crippen LogP contribution in [0.15, 0.2) is 21.8 Å². The first-order valence-electron chi connectivity index (χ1n) is 27.2. The molecule has 0 heterocycles. The fourth-order valence-corrected chi connectivity index (χ4v) is 8.18. The number of nitrogens with zero attached hydrogens (tertiary/aromatic N) is 2. The molecule has 0 bridgehead atoms. The Labute approximate surface area is 504 Å². The summed E-state index contributed by atoms with van der Waals surface area (Å²) in [5, 5.41) is 64.7. The Balaban J connectivity index is 5.40. The maximum Gasteiger partial charge on any atom is 0.305 e. The van der Waals surface area contributed by atoms with E-state index in [-0.39, 0.29) is 73.6 Å². The van der Waals surface area contributed by atoms with Crippen molar-refractivity contribution in [3.05, 3.63) is 11.5 Å². The second kappa shape index (κ2) is 42.2. The van der Waals surface area contributed by atoms with Crippen molar-refractivity contribution in [2.75, 3.05) is 56.5 Å². The van der Waals surface area contributed by atoms with Crippen LogP contribution in [0.5, 0.6) is 0 Å². The molecule has 0 fully saturated rings. The third-order valence-electron chi connectivity index (χ3n) is 13.0. The number of hydrogen-bond acceptors (Lipinski definition) is 21. The second-order valence-electron chi connectivity index (χ2n) is 20.6. The predicted molar refractivity (Wildman–Crippen MR) is 321 cm³/mol. The summed E-state index contributed by atoms with van der Waals surface area (Å²) in [7, 11) is 0. The third kappa shape index (κ3) is 34.8. The summed E-state index contributed by atoms with van der Waals surface area (Å²) in [5.41, 5.74) is 10.3. The molecule has 0 aliphatic carbocycles. The minimum atomic E-state index is -1.73. The first-order valence-corrected chi connectivity index (χ1v) is 29.5. The van der Waals surface area contributed by atoms with E-state index in [0.717, 1.165) is 24.6 Å². The molecule has 0 radical (unpaired) electrons. The van der Waals surface area contributed by atoms with Crippen molar-refractivity contribution in [3.63, 3.8) is 0 Å². The fourth-order valence-electron chi connectivity index (χ4n) is 7.17. The first kappa shape index (κ1) is 77.3. The number of carbonyl (C=O) groups excluding carboxylic acids is 11. The zero-order valence-corrected chi connectivity index (χ0v) is 51.5. The van der Waals surface area contributed by atoms with Gasteiger partial charge in [-0.25, -0.2) is 0 Å². The van der Waals surface area contributed by atoms with Gasteiger partial charge in [-0.05, 0) is 118 Å². The lowest BCUT2D eigenvalue weighted by atomic mass is 9.94. The largest absolute Gasteiger partial charge is 0.481 e. The van der Waals surface area contributed by atoms with Crippen LogP contribution in [0.1, 0.15) is 119 Å². The van der Waals surface area contributed by atoms with Crippen LogP contribution in [0.3, 0.4) is 0 Å². The molecule has 0 aromatic rings. The van der Waals surface area contributed by atoms with Crippen molar-refractivity contribution in [1.29, 1.82) is 0 Å². The van der Waals surface area contributed by atoms with Gasteiger partial charge in [-0.3, -0.25) is 57.5 Å². The molecule has 0 unspecified atom stereocenters. The van der Waals surface area contributed by atoms with Crippen LogP contribution in [0.2, 0.25) is 0 Å². The molecular formula is C51H89N15O15S3. The standard InChI is InChI=1S/C51H89N15O15S3/c1-30(45(53)75)60-49(79)37(28-83)64-48(78)35(24-44(73)74)62-43(72)26-56-42(71)25-57-46(76)36(27-82)63-47(77)34(61-41(70)15-11-23-84-29-38(52)67)12-8-9-19-54-39(68)13-10-14-40(69)55-20-16-33(17-21-58-50(4,5)31(2)65-80)18-22-59-51(6,7)32(3)66-81/h11,23,30,33-37,58-59,80-83H,8-10,12-22,24-29H2,1-7H3,(H2,52,67)(H2,53,75)(H,54,68)(H,55,69)(H,56,71)(H,57,76)(H,60,79)(H,61,70)(H,62,72)(H,63,77)(H,64,78)(H,73,74)/b23-11?,65-31-,66-32-/t30-,34-,35-,36-,37-/m0/s1. The zero-order valence-electron chi connectivity index (χ0n) is 48.9. The monoisotopic (exact) mass is 1250 g/mol. The maximum absolute atomic E-state index is 13.6. The molecule has 0 aromatic carbocycles. The van der Waals surface area contributed by atoms with Gasteiger partial charge in [0.05, 0.1) is 47.8 Å². The van der Waals surface area contributed by atoms with Crippen LogP contribution in [0.4, 0.5) is 0 Å². The van der Waals surface area contributed by atoms with Gasteiger partial charge < -0.3 is 85.5 Å². The van der Waals surface area contributed by atoms with Crippen molar-refractivity contribution in [1.82, 2.24) is 58.5 Å². The highest BCUT2D eigenvalue weighted by atomic mass is 32.2. The Bertz CT molecular complexity index is 2270. The van der Waals surface area contributed by atoms with Crippen molar-refractivity contribution in [3.8, 4) is 0 Å². The Hall–Kier alpha value is -6.71. The molecular weight excluding hydrogens is 1160 g/mol. The number of rotatable bonds is 45. The van der Waals surface area contributed by atoms with Crippen molar-refractivity contribution in [2.24, 2.45) is 27.7 Å². The van der Waals surface area contributed by atoms with E-state index in [0.29, 0.717) is 50.3 Å². The van der Waals surface area contributed by atoms with Crippen LogP contribution in [-0.4, -0.2) is 196 Å². The van der Waals surface area contributed by atoms with Crippen molar-refractivity contribution in [2.45, 2.75) is 160 Å². The number of nitrogens with two attached hydrogens (primary N) is 2. The van der Waals surface area contributed by atoms with Gasteiger partial charge in [0.2, 0.25) is 65.0 Å². The van der Waals surface area contributed by atoms with Gasteiger partial charge in [-0.1, -0.05) is 16.4 Å². The van der Waals surface area contributed by atoms with Crippen molar-refractivity contribution < 1.29 is 73.1 Å². The Kier molecular flexibility index (Phi) is 38.8. The Morgan fingerprint density at radius 2 is 1.05 bits per heavy atom. The number of unbranched alkanes of at least 4 members (excludes halogenated alkanes) is 1. The lowest BCUT2D eigenvalue weighted by Gasteiger charge is -2.28. The van der Waals surface area contributed by atoms with Gasteiger partial charge in [0.15, 0.2) is 0 Å². The van der Waals surface area contributed by atoms with E-state index >= 15 is 0 Å². The quantitative estimate of drug-likeness (QED) is 0.00977. The van der Waals surface area contributed by atoms with Gasteiger partial charge in [0.25, 0.3) is 0 Å². The molecule has 0 aliphatic heterocycles. The molecule has 0 saturated heterocycles. The number of aliphatic carboxylic acids is 1. The van der Waals surface area contributed by atoms with Crippen molar-refractivity contribution >= 4 is 119 Å². The van der Waals surface area contributed by atoms with Crippen LogP contribution in [0.25, 0.3) is 0 Å². The van der Waals surface area contributed by atoms with Crippen LogP contribution in [0, 0.1) is 5.92 Å². The number of amides is 11. The number of nitrogens with one attached hydrogen (secondary N) is 11. The molecule has 33 heteroatoms. The number of carbonyl (C=O) groups is 12. The summed E-state index contributed by atoms with van der Waals surface area (Å²) < 4.78 is 0. The summed E-state index contributed by atoms with van der Waals surface area (Å²) >= 11 is 9.20. The number of thiol groups is 2. The number of carboxylic acid groups (broad SMARTS) is 1. The highest BCUT2D eigenvalue weighted by Gasteiger charge is 2.31. The second-order valence-corrected chi connectivity index (χ2v) is 22.2. The summed E-state index contributed by atoms with van der Waals surface area (Å²) in [6.07, 6.45) is 3.74. The van der Waals surface area contributed by atoms with E-state index in [1.807, 2.05) is 27.7 Å². The third-order valence-corrected chi connectivity index (χ3v) is 14.5. The molecule has 84 heavy (non-hydrogen) atoms. The molecule has 0 aromatic heterocycles. The number of thioether (sulfide) groups is 1. The normalized spacial score (nSPS) is 14.1. The minimum absolute atomic E-state index is 0.0230. The molecule has 0 aliphatic rings. The van der Waals surface area contributed by atoms with Crippen LogP contribution >= 0.6 is 37.0 Å². The highest BCUT2D eigenvalue weighted by Crippen LogP contribution is 2.16.